The highest BCUT2D eigenvalue weighted by atomic mass is 16.5. The van der Waals surface area contributed by atoms with E-state index in [1.165, 1.54) is 5.56 Å². The van der Waals surface area contributed by atoms with Crippen molar-refractivity contribution in [2.24, 2.45) is 0 Å². The summed E-state index contributed by atoms with van der Waals surface area (Å²) in [5.41, 5.74) is 1.28. The normalized spacial score (nSPS) is 12.5. The Hall–Kier alpha value is -1.05. The van der Waals surface area contributed by atoms with E-state index in [2.05, 4.69) is 4.98 Å². The highest BCUT2D eigenvalue weighted by Gasteiger charge is 2.09. The fraction of sp³-hybridized carbons (Fsp3) is 0.444. The second-order valence-electron chi connectivity index (χ2n) is 2.08. The smallest absolute Gasteiger partial charge is 0.140 e. The molecule has 0 N–H and O–H groups in total. The minimum atomic E-state index is 0.820. The zero-order valence-corrected chi connectivity index (χ0v) is 7.00. The Kier molecular flexibility index (Phi) is 2.90. The molecule has 11 heavy (non-hydrogen) atoms. The zero-order chi connectivity index (χ0) is 8.10. The largest absolute Gasteiger partial charge is 0.491 e. The molecule has 0 fully saturated rings. The second kappa shape index (κ2) is 3.96. The third kappa shape index (κ3) is 1.70. The van der Waals surface area contributed by atoms with Gasteiger partial charge in [-0.05, 0) is 6.07 Å². The quantitative estimate of drug-likeness (QED) is 0.566. The Balaban J connectivity index is 0.000000281. The molecule has 0 atom stereocenters. The molecule has 2 nitrogen and oxygen atoms in total. The Morgan fingerprint density at radius 3 is 3.00 bits per heavy atom. The van der Waals surface area contributed by atoms with E-state index < -0.39 is 0 Å². The summed E-state index contributed by atoms with van der Waals surface area (Å²) in [5.74, 6) is 0.956. The first kappa shape index (κ1) is 8.05. The van der Waals surface area contributed by atoms with E-state index in [0.717, 1.165) is 18.8 Å². The highest BCUT2D eigenvalue weighted by Crippen LogP contribution is 2.21. The van der Waals surface area contributed by atoms with E-state index in [1.54, 1.807) is 12.4 Å². The molecule has 1 aromatic rings. The van der Waals surface area contributed by atoms with Crippen LogP contribution in [0.2, 0.25) is 0 Å². The van der Waals surface area contributed by atoms with Gasteiger partial charge in [0.1, 0.15) is 5.75 Å². The lowest BCUT2D eigenvalue weighted by molar-refractivity contribution is 0.355. The summed E-state index contributed by atoms with van der Waals surface area (Å²) in [6, 6.07) is 2.00. The van der Waals surface area contributed by atoms with Gasteiger partial charge < -0.3 is 4.74 Å². The minimum Gasteiger partial charge on any atom is -0.491 e. The lowest BCUT2D eigenvalue weighted by atomic mass is 10.2. The number of pyridine rings is 1. The number of hydrogen-bond acceptors (Lipinski definition) is 2. The van der Waals surface area contributed by atoms with Crippen LogP contribution in [0.15, 0.2) is 18.5 Å². The molecule has 0 spiro atoms. The molecular weight excluding hydrogens is 138 g/mol. The maximum absolute atomic E-state index is 5.24. The van der Waals surface area contributed by atoms with Crippen molar-refractivity contribution >= 4 is 0 Å². The second-order valence-corrected chi connectivity index (χ2v) is 2.08. The Bertz CT molecular complexity index is 200. The van der Waals surface area contributed by atoms with Gasteiger partial charge in [0.2, 0.25) is 0 Å². The number of rotatable bonds is 0. The predicted molar refractivity (Wildman–Crippen MR) is 44.8 cm³/mol. The summed E-state index contributed by atoms with van der Waals surface area (Å²) in [5, 5.41) is 0. The van der Waals surface area contributed by atoms with Gasteiger partial charge in [-0.2, -0.15) is 0 Å². The molecule has 0 aliphatic carbocycles. The van der Waals surface area contributed by atoms with Crippen molar-refractivity contribution in [3.05, 3.63) is 24.0 Å². The summed E-state index contributed by atoms with van der Waals surface area (Å²) in [6.07, 6.45) is 4.60. The highest BCUT2D eigenvalue weighted by molar-refractivity contribution is 5.32. The number of ether oxygens (including phenoxy) is 1. The van der Waals surface area contributed by atoms with Crippen LogP contribution in [0.4, 0.5) is 0 Å². The minimum absolute atomic E-state index is 0.820. The summed E-state index contributed by atoms with van der Waals surface area (Å²) in [7, 11) is 0. The molecule has 0 saturated carbocycles. The molecule has 1 aliphatic rings. The average molecular weight is 151 g/mol. The van der Waals surface area contributed by atoms with Crippen molar-refractivity contribution in [1.29, 1.82) is 0 Å². The molecule has 1 aliphatic heterocycles. The fourth-order valence-corrected chi connectivity index (χ4v) is 1.02. The van der Waals surface area contributed by atoms with Gasteiger partial charge in [0.25, 0.3) is 0 Å². The maximum Gasteiger partial charge on any atom is 0.140 e. The molecule has 2 heterocycles. The van der Waals surface area contributed by atoms with E-state index in [4.69, 9.17) is 4.74 Å². The van der Waals surface area contributed by atoms with Crippen LogP contribution in [-0.2, 0) is 6.42 Å². The van der Waals surface area contributed by atoms with Crippen LogP contribution < -0.4 is 4.74 Å². The third-order valence-corrected chi connectivity index (χ3v) is 1.50. The first-order chi connectivity index (χ1) is 5.47. The van der Waals surface area contributed by atoms with Crippen molar-refractivity contribution in [2.45, 2.75) is 20.3 Å². The van der Waals surface area contributed by atoms with Crippen LogP contribution in [0, 0.1) is 0 Å². The summed E-state index contributed by atoms with van der Waals surface area (Å²) < 4.78 is 5.24. The molecule has 2 heteroatoms. The van der Waals surface area contributed by atoms with Crippen LogP contribution in [0.25, 0.3) is 0 Å². The van der Waals surface area contributed by atoms with Crippen molar-refractivity contribution in [3.8, 4) is 5.75 Å². The van der Waals surface area contributed by atoms with Crippen molar-refractivity contribution in [3.63, 3.8) is 0 Å². The molecule has 0 aromatic carbocycles. The van der Waals surface area contributed by atoms with Crippen LogP contribution in [-0.4, -0.2) is 11.6 Å². The first-order valence-electron chi connectivity index (χ1n) is 4.02. The van der Waals surface area contributed by atoms with Crippen LogP contribution >= 0.6 is 0 Å². The monoisotopic (exact) mass is 151 g/mol. The lowest BCUT2D eigenvalue weighted by Crippen LogP contribution is -1.85. The van der Waals surface area contributed by atoms with Gasteiger partial charge in [-0.25, -0.2) is 0 Å². The molecule has 0 saturated heterocycles. The number of fused-ring (bicyclic) bond motifs is 1. The van der Waals surface area contributed by atoms with Crippen molar-refractivity contribution < 1.29 is 4.74 Å². The number of aromatic nitrogens is 1. The van der Waals surface area contributed by atoms with Crippen LogP contribution in [0.1, 0.15) is 19.4 Å². The first-order valence-corrected chi connectivity index (χ1v) is 4.02. The molecule has 60 valence electrons. The summed E-state index contributed by atoms with van der Waals surface area (Å²) >= 11 is 0. The Labute approximate surface area is 67.2 Å². The molecule has 2 rings (SSSR count). The van der Waals surface area contributed by atoms with E-state index in [9.17, 15) is 0 Å². The number of nitrogens with zero attached hydrogens (tertiary/aromatic N) is 1. The van der Waals surface area contributed by atoms with Crippen LogP contribution in [0.3, 0.4) is 0 Å². The van der Waals surface area contributed by atoms with E-state index in [0.29, 0.717) is 0 Å². The van der Waals surface area contributed by atoms with Gasteiger partial charge in [0.05, 0.1) is 12.8 Å². The molecule has 1 aromatic heterocycles. The lowest BCUT2D eigenvalue weighted by Gasteiger charge is -1.92. The molecule has 0 unspecified atom stereocenters. The zero-order valence-electron chi connectivity index (χ0n) is 7.00. The molecule has 0 amide bonds. The average Bonchev–Trinajstić information content (AvgIpc) is 2.55. The maximum atomic E-state index is 5.24. The van der Waals surface area contributed by atoms with Gasteiger partial charge in [-0.15, -0.1) is 0 Å². The van der Waals surface area contributed by atoms with E-state index in [-0.39, 0.29) is 0 Å². The summed E-state index contributed by atoms with van der Waals surface area (Å²) in [4.78, 5) is 3.93. The standard InChI is InChI=1S/C7H7NO.C2H6/c1-3-8-5-7-6(1)2-4-9-7;1-2/h1,3,5H,2,4H2;1-2H3. The Morgan fingerprint density at radius 1 is 1.45 bits per heavy atom. The van der Waals surface area contributed by atoms with Crippen molar-refractivity contribution in [2.75, 3.05) is 6.61 Å². The van der Waals surface area contributed by atoms with Gasteiger partial charge in [0, 0.05) is 18.2 Å². The van der Waals surface area contributed by atoms with E-state index in [1.807, 2.05) is 19.9 Å². The SMILES string of the molecule is CC.c1cc2c(cn1)OCC2. The fourth-order valence-electron chi connectivity index (χ4n) is 1.02. The predicted octanol–water partition coefficient (Wildman–Crippen LogP) is 2.04. The van der Waals surface area contributed by atoms with Crippen LogP contribution in [0.5, 0.6) is 5.75 Å². The van der Waals surface area contributed by atoms with Gasteiger partial charge in [0.15, 0.2) is 0 Å². The Morgan fingerprint density at radius 2 is 2.27 bits per heavy atom. The van der Waals surface area contributed by atoms with Gasteiger partial charge in [-0.3, -0.25) is 4.98 Å². The summed E-state index contributed by atoms with van der Waals surface area (Å²) in [6.45, 7) is 4.82. The topological polar surface area (TPSA) is 22.1 Å². The molecule has 0 radical (unpaired) electrons. The molecular formula is C9H13NO. The van der Waals surface area contributed by atoms with Crippen molar-refractivity contribution in [1.82, 2.24) is 4.98 Å². The van der Waals surface area contributed by atoms with Gasteiger partial charge in [-0.1, -0.05) is 13.8 Å². The van der Waals surface area contributed by atoms with E-state index >= 15 is 0 Å². The molecule has 0 bridgehead atoms. The third-order valence-electron chi connectivity index (χ3n) is 1.50. The number of hydrogen-bond donors (Lipinski definition) is 0. The van der Waals surface area contributed by atoms with Gasteiger partial charge >= 0.3 is 0 Å².